The highest BCUT2D eigenvalue weighted by Gasteiger charge is 2.35. The highest BCUT2D eigenvalue weighted by molar-refractivity contribution is 14.1. The number of nitrogens with two attached hydrogens (primary N) is 1. The first-order valence-electron chi connectivity index (χ1n) is 8.78. The number of anilines is 1. The molecular formula is C18H24F3IN4O2. The Kier molecular flexibility index (Phi) is 7.18. The predicted octanol–water partition coefficient (Wildman–Crippen LogP) is 4.10. The van der Waals surface area contributed by atoms with Gasteiger partial charge in [0.1, 0.15) is 5.76 Å². The predicted molar refractivity (Wildman–Crippen MR) is 109 cm³/mol. The van der Waals surface area contributed by atoms with Crippen LogP contribution in [0.25, 0.3) is 0 Å². The number of halogens is 4. The van der Waals surface area contributed by atoms with E-state index in [4.69, 9.17) is 10.3 Å². The van der Waals surface area contributed by atoms with Crippen LogP contribution in [0, 0.1) is 0 Å². The molecule has 0 spiro atoms. The molecule has 156 valence electrons. The van der Waals surface area contributed by atoms with Crippen LogP contribution in [0.1, 0.15) is 39.4 Å². The van der Waals surface area contributed by atoms with Crippen molar-refractivity contribution in [3.63, 3.8) is 0 Å². The molecule has 1 aliphatic heterocycles. The highest BCUT2D eigenvalue weighted by atomic mass is 127. The maximum absolute atomic E-state index is 12.8. The quantitative estimate of drug-likeness (QED) is 0.269. The molecule has 0 aliphatic carbocycles. The van der Waals surface area contributed by atoms with Crippen LogP contribution in [0.5, 0.6) is 0 Å². The number of alkyl halides is 4. The second-order valence-corrected chi connectivity index (χ2v) is 8.84. The zero-order valence-corrected chi connectivity index (χ0v) is 18.0. The largest absolute Gasteiger partial charge is 0.417 e. The molecule has 1 fully saturated rings. The van der Waals surface area contributed by atoms with Crippen LogP contribution in [-0.4, -0.2) is 38.8 Å². The van der Waals surface area contributed by atoms with Crippen LogP contribution < -0.4 is 11.1 Å². The molecule has 0 radical (unpaired) electrons. The van der Waals surface area contributed by atoms with E-state index < -0.39 is 21.8 Å². The zero-order valence-electron chi connectivity index (χ0n) is 15.9. The molecule has 0 aromatic carbocycles. The van der Waals surface area contributed by atoms with Crippen LogP contribution in [0.3, 0.4) is 0 Å². The van der Waals surface area contributed by atoms with E-state index >= 15 is 0 Å². The average molecular weight is 512 g/mol. The van der Waals surface area contributed by atoms with Gasteiger partial charge in [0.25, 0.3) is 0 Å². The Hall–Kier alpha value is -1.56. The Morgan fingerprint density at radius 3 is 2.68 bits per heavy atom. The lowest BCUT2D eigenvalue weighted by Crippen LogP contribution is -2.42. The third-order valence-electron chi connectivity index (χ3n) is 4.36. The van der Waals surface area contributed by atoms with Crippen molar-refractivity contribution in [3.05, 3.63) is 35.8 Å². The lowest BCUT2D eigenvalue weighted by Gasteiger charge is -2.26. The number of aromatic nitrogens is 1. The SMILES string of the molecule is CC(C)(C)c1cc(NC(=O)[C@@H]2CCCN2C(I)/C=C\C(=C/N)C(F)(F)F)no1. The van der Waals surface area contributed by atoms with E-state index in [1.807, 2.05) is 48.3 Å². The Morgan fingerprint density at radius 2 is 2.14 bits per heavy atom. The summed E-state index contributed by atoms with van der Waals surface area (Å²) in [5.41, 5.74) is 3.90. The summed E-state index contributed by atoms with van der Waals surface area (Å²) in [6, 6.07) is 1.22. The normalized spacial score (nSPS) is 20.7. The maximum Gasteiger partial charge on any atom is 0.417 e. The number of allylic oxidation sites excluding steroid dienone is 2. The fourth-order valence-electron chi connectivity index (χ4n) is 2.80. The first-order chi connectivity index (χ1) is 12.9. The lowest BCUT2D eigenvalue weighted by atomic mass is 9.93. The van der Waals surface area contributed by atoms with Gasteiger partial charge in [0.2, 0.25) is 5.91 Å². The van der Waals surface area contributed by atoms with Gasteiger partial charge >= 0.3 is 6.18 Å². The summed E-state index contributed by atoms with van der Waals surface area (Å²) in [5.74, 6) is 0.716. The van der Waals surface area contributed by atoms with Gasteiger partial charge in [-0.05, 0) is 12.8 Å². The van der Waals surface area contributed by atoms with Gasteiger partial charge in [0.05, 0.1) is 15.7 Å². The average Bonchev–Trinajstić information content (AvgIpc) is 3.22. The Balaban J connectivity index is 2.05. The van der Waals surface area contributed by atoms with E-state index in [-0.39, 0.29) is 11.3 Å². The smallest absolute Gasteiger partial charge is 0.404 e. The van der Waals surface area contributed by atoms with Crippen LogP contribution in [0.4, 0.5) is 19.0 Å². The standard InChI is InChI=1S/C18H24F3IN4O2/c1-17(2,3)13-9-15(25-28-13)24-16(27)12-5-4-8-26(12)14(22)7-6-11(10-23)18(19,20)21/h6-7,9-10,12,14H,4-5,8,23H2,1-3H3,(H,24,25,27)/b7-6-,11-10+/t12-,14?/m0/s1. The van der Waals surface area contributed by atoms with Crippen molar-refractivity contribution >= 4 is 34.3 Å². The monoisotopic (exact) mass is 512 g/mol. The second kappa shape index (κ2) is 8.85. The van der Waals surface area contributed by atoms with E-state index in [2.05, 4.69) is 10.5 Å². The highest BCUT2D eigenvalue weighted by Crippen LogP contribution is 2.29. The summed E-state index contributed by atoms with van der Waals surface area (Å²) in [7, 11) is 0. The topological polar surface area (TPSA) is 84.4 Å². The van der Waals surface area contributed by atoms with E-state index in [0.29, 0.717) is 30.7 Å². The number of carbonyl (C=O) groups is 1. The number of amides is 1. The molecular weight excluding hydrogens is 488 g/mol. The van der Waals surface area contributed by atoms with Crippen molar-refractivity contribution in [1.82, 2.24) is 10.1 Å². The number of likely N-dealkylation sites (tertiary alicyclic amines) is 1. The molecule has 1 saturated heterocycles. The third-order valence-corrected chi connectivity index (χ3v) is 5.49. The molecule has 0 saturated carbocycles. The van der Waals surface area contributed by atoms with E-state index in [9.17, 15) is 18.0 Å². The molecule has 1 unspecified atom stereocenters. The molecule has 1 aromatic heterocycles. The van der Waals surface area contributed by atoms with Gasteiger partial charge in [-0.15, -0.1) is 0 Å². The fraction of sp³-hybridized carbons (Fsp3) is 0.556. The van der Waals surface area contributed by atoms with Gasteiger partial charge in [-0.25, -0.2) is 0 Å². The number of nitrogens with zero attached hydrogens (tertiary/aromatic N) is 2. The van der Waals surface area contributed by atoms with Crippen molar-refractivity contribution in [3.8, 4) is 0 Å². The number of hydrogen-bond donors (Lipinski definition) is 2. The molecule has 3 N–H and O–H groups in total. The molecule has 1 amide bonds. The second-order valence-electron chi connectivity index (χ2n) is 7.56. The van der Waals surface area contributed by atoms with Crippen molar-refractivity contribution < 1.29 is 22.5 Å². The van der Waals surface area contributed by atoms with Crippen molar-refractivity contribution in [2.45, 2.75) is 55.3 Å². The molecule has 0 bridgehead atoms. The first-order valence-corrected chi connectivity index (χ1v) is 10.0. The summed E-state index contributed by atoms with van der Waals surface area (Å²) in [5, 5.41) is 6.61. The van der Waals surface area contributed by atoms with Crippen LogP contribution >= 0.6 is 22.6 Å². The Labute approximate surface area is 175 Å². The summed E-state index contributed by atoms with van der Waals surface area (Å²) in [4.78, 5) is 14.5. The molecule has 6 nitrogen and oxygen atoms in total. The summed E-state index contributed by atoms with van der Waals surface area (Å²) in [6.07, 6.45) is -0.255. The van der Waals surface area contributed by atoms with Crippen molar-refractivity contribution in [1.29, 1.82) is 0 Å². The third kappa shape index (κ3) is 5.72. The minimum Gasteiger partial charge on any atom is -0.404 e. The molecule has 1 aliphatic rings. The minimum absolute atomic E-state index is 0.236. The van der Waals surface area contributed by atoms with Crippen molar-refractivity contribution in [2.75, 3.05) is 11.9 Å². The number of carbonyl (C=O) groups excluding carboxylic acids is 1. The molecule has 2 atom stereocenters. The summed E-state index contributed by atoms with van der Waals surface area (Å²) < 4.78 is 43.2. The van der Waals surface area contributed by atoms with Crippen LogP contribution in [-0.2, 0) is 10.2 Å². The summed E-state index contributed by atoms with van der Waals surface area (Å²) in [6.45, 7) is 6.51. The van der Waals surface area contributed by atoms with Gasteiger partial charge in [-0.1, -0.05) is 60.7 Å². The molecule has 2 rings (SSSR count). The fourth-order valence-corrected chi connectivity index (χ4v) is 3.68. The van der Waals surface area contributed by atoms with Gasteiger partial charge in [-0.2, -0.15) is 13.2 Å². The Bertz CT molecular complexity index is 753. The van der Waals surface area contributed by atoms with Gasteiger partial charge in [0, 0.05) is 24.2 Å². The van der Waals surface area contributed by atoms with E-state index in [1.165, 1.54) is 6.08 Å². The maximum atomic E-state index is 12.8. The van der Waals surface area contributed by atoms with Crippen LogP contribution in [0.15, 0.2) is 34.5 Å². The van der Waals surface area contributed by atoms with Gasteiger partial charge in [-0.3, -0.25) is 9.69 Å². The minimum atomic E-state index is -4.51. The Morgan fingerprint density at radius 1 is 1.46 bits per heavy atom. The number of nitrogens with one attached hydrogen (secondary N) is 1. The number of hydrogen-bond acceptors (Lipinski definition) is 5. The molecule has 28 heavy (non-hydrogen) atoms. The van der Waals surface area contributed by atoms with E-state index in [0.717, 1.165) is 12.5 Å². The van der Waals surface area contributed by atoms with Gasteiger partial charge in [0.15, 0.2) is 5.82 Å². The molecule has 10 heteroatoms. The summed E-state index contributed by atoms with van der Waals surface area (Å²) >= 11 is 2.01. The van der Waals surface area contributed by atoms with E-state index in [1.54, 1.807) is 6.07 Å². The lowest BCUT2D eigenvalue weighted by molar-refractivity contribution is -0.120. The van der Waals surface area contributed by atoms with Crippen LogP contribution in [0.2, 0.25) is 0 Å². The van der Waals surface area contributed by atoms with Crippen molar-refractivity contribution in [2.24, 2.45) is 5.73 Å². The molecule has 2 heterocycles. The zero-order chi connectivity index (χ0) is 21.1. The molecule has 1 aromatic rings. The van der Waals surface area contributed by atoms with Gasteiger partial charge < -0.3 is 15.6 Å². The number of rotatable bonds is 5. The first kappa shape index (κ1) is 22.7.